The van der Waals surface area contributed by atoms with Gasteiger partial charge in [0.15, 0.2) is 8.32 Å². The van der Waals surface area contributed by atoms with Crippen molar-refractivity contribution in [2.24, 2.45) is 11.3 Å². The fourth-order valence-corrected chi connectivity index (χ4v) is 4.71. The minimum Gasteiger partial charge on any atom is -0.469 e. The highest BCUT2D eigenvalue weighted by Gasteiger charge is 2.48. The zero-order valence-corrected chi connectivity index (χ0v) is 18.1. The zero-order chi connectivity index (χ0) is 18.9. The third kappa shape index (κ3) is 4.02. The maximum Gasteiger partial charge on any atom is 0.309 e. The molecule has 0 aliphatic heterocycles. The molecule has 0 saturated heterocycles. The third-order valence-electron chi connectivity index (χ3n) is 6.13. The van der Waals surface area contributed by atoms with E-state index in [1.54, 1.807) is 0 Å². The lowest BCUT2D eigenvalue weighted by atomic mass is 9.64. The Balaban J connectivity index is 3.33. The first kappa shape index (κ1) is 21.2. The minimum absolute atomic E-state index is 0.0158. The van der Waals surface area contributed by atoms with Gasteiger partial charge in [0.2, 0.25) is 0 Å². The molecule has 0 saturated carbocycles. The Morgan fingerprint density at radius 2 is 1.92 bits per heavy atom. The molecule has 0 unspecified atom stereocenters. The largest absolute Gasteiger partial charge is 0.469 e. The molecule has 4 heteroatoms. The quantitative estimate of drug-likeness (QED) is 0.373. The van der Waals surface area contributed by atoms with Crippen molar-refractivity contribution in [3.63, 3.8) is 0 Å². The van der Waals surface area contributed by atoms with Crippen molar-refractivity contribution >= 4 is 14.3 Å². The van der Waals surface area contributed by atoms with Crippen LogP contribution in [0.1, 0.15) is 54.4 Å². The first-order chi connectivity index (χ1) is 10.8. The summed E-state index contributed by atoms with van der Waals surface area (Å²) in [4.78, 5) is 12.4. The monoisotopic (exact) mass is 352 g/mol. The highest BCUT2D eigenvalue weighted by Crippen LogP contribution is 2.49. The van der Waals surface area contributed by atoms with Gasteiger partial charge in [-0.05, 0) is 48.9 Å². The average molecular weight is 353 g/mol. The van der Waals surface area contributed by atoms with Crippen LogP contribution in [-0.4, -0.2) is 27.5 Å². The molecule has 0 radical (unpaired) electrons. The third-order valence-corrected chi connectivity index (χ3v) is 10.6. The van der Waals surface area contributed by atoms with Crippen LogP contribution in [0, 0.1) is 11.3 Å². The SMILES string of the molecule is C=CCC1=C(C)[C@@H](O[Si](C)(C)C(C)(C)C)C[C@@H](C(=O)OC)C1(C)C. The zero-order valence-electron chi connectivity index (χ0n) is 17.1. The molecule has 1 rings (SSSR count). The van der Waals surface area contributed by atoms with Gasteiger partial charge in [0.25, 0.3) is 0 Å². The summed E-state index contributed by atoms with van der Waals surface area (Å²) in [5.41, 5.74) is 2.30. The van der Waals surface area contributed by atoms with Gasteiger partial charge in [-0.15, -0.1) is 6.58 Å². The van der Waals surface area contributed by atoms with Gasteiger partial charge in [0.05, 0.1) is 19.1 Å². The summed E-state index contributed by atoms with van der Waals surface area (Å²) in [7, 11) is -0.447. The van der Waals surface area contributed by atoms with E-state index < -0.39 is 8.32 Å². The van der Waals surface area contributed by atoms with E-state index in [4.69, 9.17) is 9.16 Å². The number of hydrogen-bond acceptors (Lipinski definition) is 3. The van der Waals surface area contributed by atoms with Gasteiger partial charge in [0.1, 0.15) is 0 Å². The second-order valence-corrected chi connectivity index (χ2v) is 13.8. The molecule has 0 aromatic heterocycles. The summed E-state index contributed by atoms with van der Waals surface area (Å²) in [6.07, 6.45) is 3.38. The van der Waals surface area contributed by atoms with Crippen LogP contribution < -0.4 is 0 Å². The van der Waals surface area contributed by atoms with Crippen LogP contribution in [-0.2, 0) is 14.0 Å². The topological polar surface area (TPSA) is 35.5 Å². The van der Waals surface area contributed by atoms with Crippen LogP contribution in [0.5, 0.6) is 0 Å². The van der Waals surface area contributed by atoms with Gasteiger partial charge in [-0.1, -0.05) is 46.3 Å². The highest BCUT2D eigenvalue weighted by atomic mass is 28.4. The minimum atomic E-state index is -1.92. The molecule has 0 N–H and O–H groups in total. The van der Waals surface area contributed by atoms with Gasteiger partial charge >= 0.3 is 5.97 Å². The lowest BCUT2D eigenvalue weighted by Crippen LogP contribution is -2.48. The molecule has 24 heavy (non-hydrogen) atoms. The van der Waals surface area contributed by atoms with Gasteiger partial charge in [-0.2, -0.15) is 0 Å². The summed E-state index contributed by atoms with van der Waals surface area (Å²) >= 11 is 0. The van der Waals surface area contributed by atoms with Crippen molar-refractivity contribution in [1.29, 1.82) is 0 Å². The summed E-state index contributed by atoms with van der Waals surface area (Å²) in [6.45, 7) is 21.6. The molecule has 1 aliphatic rings. The van der Waals surface area contributed by atoms with E-state index in [9.17, 15) is 4.79 Å². The second-order valence-electron chi connectivity index (χ2n) is 9.05. The van der Waals surface area contributed by atoms with Crippen LogP contribution in [0.3, 0.4) is 0 Å². The summed E-state index contributed by atoms with van der Waals surface area (Å²) < 4.78 is 11.8. The maximum absolute atomic E-state index is 12.4. The molecule has 138 valence electrons. The van der Waals surface area contributed by atoms with Gasteiger partial charge in [-0.25, -0.2) is 0 Å². The second kappa shape index (κ2) is 7.16. The predicted molar refractivity (Wildman–Crippen MR) is 103 cm³/mol. The van der Waals surface area contributed by atoms with E-state index in [2.05, 4.69) is 61.2 Å². The molecule has 0 aromatic carbocycles. The van der Waals surface area contributed by atoms with E-state index in [1.807, 2.05) is 6.08 Å². The lowest BCUT2D eigenvalue weighted by molar-refractivity contribution is -0.150. The lowest BCUT2D eigenvalue weighted by Gasteiger charge is -2.47. The number of esters is 1. The predicted octanol–water partition coefficient (Wildman–Crippen LogP) is 5.49. The number of rotatable bonds is 5. The van der Waals surface area contributed by atoms with Gasteiger partial charge in [-0.3, -0.25) is 4.79 Å². The molecule has 2 atom stereocenters. The van der Waals surface area contributed by atoms with Crippen molar-refractivity contribution in [2.75, 3.05) is 7.11 Å². The molecular formula is C20H36O3Si. The first-order valence-electron chi connectivity index (χ1n) is 8.86. The number of ether oxygens (including phenoxy) is 1. The molecule has 0 bridgehead atoms. The Labute approximate surface area is 149 Å². The number of hydrogen-bond donors (Lipinski definition) is 0. The molecule has 0 spiro atoms. The van der Waals surface area contributed by atoms with Crippen LogP contribution >= 0.6 is 0 Å². The van der Waals surface area contributed by atoms with Crippen molar-refractivity contribution < 1.29 is 14.0 Å². The summed E-state index contributed by atoms with van der Waals surface area (Å²) in [5, 5.41) is 0.138. The Morgan fingerprint density at radius 3 is 2.33 bits per heavy atom. The molecule has 3 nitrogen and oxygen atoms in total. The van der Waals surface area contributed by atoms with Crippen molar-refractivity contribution in [3.8, 4) is 0 Å². The van der Waals surface area contributed by atoms with Crippen LogP contribution in [0.4, 0.5) is 0 Å². The fourth-order valence-electron chi connectivity index (χ4n) is 3.37. The van der Waals surface area contributed by atoms with E-state index in [1.165, 1.54) is 18.3 Å². The number of allylic oxidation sites excluding steroid dienone is 2. The van der Waals surface area contributed by atoms with Crippen LogP contribution in [0.15, 0.2) is 23.8 Å². The van der Waals surface area contributed by atoms with Crippen molar-refractivity contribution in [1.82, 2.24) is 0 Å². The number of carbonyl (C=O) groups is 1. The summed E-state index contributed by atoms with van der Waals surface area (Å²) in [5.74, 6) is -0.325. The highest BCUT2D eigenvalue weighted by molar-refractivity contribution is 6.74. The smallest absolute Gasteiger partial charge is 0.309 e. The van der Waals surface area contributed by atoms with Crippen LogP contribution in [0.25, 0.3) is 0 Å². The van der Waals surface area contributed by atoms with E-state index in [0.717, 1.165) is 6.42 Å². The Morgan fingerprint density at radius 1 is 1.38 bits per heavy atom. The Kier molecular flexibility index (Phi) is 6.32. The number of carbonyl (C=O) groups excluding carboxylic acids is 1. The fraction of sp³-hybridized carbons (Fsp3) is 0.750. The van der Waals surface area contributed by atoms with Gasteiger partial charge < -0.3 is 9.16 Å². The van der Waals surface area contributed by atoms with E-state index >= 15 is 0 Å². The van der Waals surface area contributed by atoms with Crippen molar-refractivity contribution in [3.05, 3.63) is 23.8 Å². The number of methoxy groups -OCH3 is 1. The molecule has 0 amide bonds. The average Bonchev–Trinajstić information content (AvgIpc) is 2.44. The Bertz CT molecular complexity index is 523. The molecule has 0 fully saturated rings. The van der Waals surface area contributed by atoms with Gasteiger partial charge in [0, 0.05) is 0 Å². The summed E-state index contributed by atoms with van der Waals surface area (Å²) in [6, 6.07) is 0. The normalized spacial score (nSPS) is 24.7. The Hall–Kier alpha value is -0.873. The van der Waals surface area contributed by atoms with E-state index in [-0.39, 0.29) is 28.4 Å². The molecule has 0 aromatic rings. The van der Waals surface area contributed by atoms with Crippen molar-refractivity contribution in [2.45, 2.75) is 78.6 Å². The molecule has 0 heterocycles. The van der Waals surface area contributed by atoms with E-state index in [0.29, 0.717) is 6.42 Å². The first-order valence-corrected chi connectivity index (χ1v) is 11.8. The maximum atomic E-state index is 12.4. The standard InChI is InChI=1S/C20H36O3Si/c1-11-12-15-14(2)17(23-24(9,10)19(3,4)5)13-16(18(21)22-8)20(15,6)7/h11,16-17H,1,12-13H2,2-10H3/t16-,17-/m0/s1. The molecule has 1 aliphatic carbocycles. The molecular weight excluding hydrogens is 316 g/mol. The van der Waals surface area contributed by atoms with Crippen LogP contribution in [0.2, 0.25) is 18.1 Å².